The lowest BCUT2D eigenvalue weighted by Gasteiger charge is -1.90. The van der Waals surface area contributed by atoms with Crippen LogP contribution in [0.15, 0.2) is 0 Å². The van der Waals surface area contributed by atoms with E-state index in [1.54, 1.807) is 0 Å². The molecule has 3 heteroatoms. The molecule has 0 fully saturated rings. The van der Waals surface area contributed by atoms with Gasteiger partial charge in [0, 0.05) is 0 Å². The first kappa shape index (κ1) is 6.18. The molecule has 0 heterocycles. The van der Waals surface area contributed by atoms with Crippen molar-refractivity contribution in [3.63, 3.8) is 0 Å². The highest BCUT2D eigenvalue weighted by atomic mass is 35.5. The van der Waals surface area contributed by atoms with Gasteiger partial charge in [0.2, 0.25) is 0 Å². The second kappa shape index (κ2) is 3.37. The molecule has 0 aromatic rings. The van der Waals surface area contributed by atoms with Gasteiger partial charge >= 0.3 is 0 Å². The van der Waals surface area contributed by atoms with E-state index in [-0.39, 0.29) is 5.88 Å². The monoisotopic (exact) mass is 111 g/mol. The number of hydrogen-bond donors (Lipinski definition) is 0. The lowest BCUT2D eigenvalue weighted by molar-refractivity contribution is 0.0836. The lowest BCUT2D eigenvalue weighted by Crippen LogP contribution is -2.07. The molecule has 0 aliphatic heterocycles. The summed E-state index contributed by atoms with van der Waals surface area (Å²) in [5.74, 6) is -0.128. The molecule has 6 heavy (non-hydrogen) atoms. The summed E-state index contributed by atoms with van der Waals surface area (Å²) < 4.78 is 11.0. The van der Waals surface area contributed by atoms with E-state index in [9.17, 15) is 9.50 Å². The standard InChI is InChI=1S/C3H5ClFO/c4-1-3(6)2-5/h3H,1-2H2. The highest BCUT2D eigenvalue weighted by Gasteiger charge is 1.98. The average Bonchev–Trinajstić information content (AvgIpc) is 1.65. The third-order valence-corrected chi connectivity index (χ3v) is 0.688. The Morgan fingerprint density at radius 1 is 1.83 bits per heavy atom. The fourth-order valence-electron chi connectivity index (χ4n) is 0.0412. The van der Waals surface area contributed by atoms with E-state index in [0.29, 0.717) is 0 Å². The van der Waals surface area contributed by atoms with Crippen LogP contribution in [0, 0.1) is 0 Å². The predicted molar refractivity (Wildman–Crippen MR) is 21.2 cm³/mol. The molecule has 1 nitrogen and oxygen atoms in total. The Kier molecular flexibility index (Phi) is 3.47. The topological polar surface area (TPSA) is 19.9 Å². The molecule has 0 N–H and O–H groups in total. The van der Waals surface area contributed by atoms with Gasteiger partial charge in [-0.3, -0.25) is 0 Å². The van der Waals surface area contributed by atoms with Crippen LogP contribution >= 0.6 is 11.6 Å². The summed E-state index contributed by atoms with van der Waals surface area (Å²) in [6, 6.07) is 0. The van der Waals surface area contributed by atoms with Crippen molar-refractivity contribution < 1.29 is 9.50 Å². The van der Waals surface area contributed by atoms with Gasteiger partial charge in [-0.25, -0.2) is 9.50 Å². The van der Waals surface area contributed by atoms with Crippen LogP contribution in [0.2, 0.25) is 0 Å². The minimum absolute atomic E-state index is 0.128. The van der Waals surface area contributed by atoms with Crippen LogP contribution in [-0.2, 0) is 5.11 Å². The number of halogens is 2. The van der Waals surface area contributed by atoms with E-state index in [1.807, 2.05) is 0 Å². The van der Waals surface area contributed by atoms with Gasteiger partial charge in [-0.1, -0.05) is 0 Å². The SMILES string of the molecule is [O]C(CF)CCl. The largest absolute Gasteiger partial charge is 0.248 e. The first-order valence-corrected chi connectivity index (χ1v) is 2.12. The third-order valence-electron chi connectivity index (χ3n) is 0.344. The maximum absolute atomic E-state index is 11.0. The summed E-state index contributed by atoms with van der Waals surface area (Å²) in [4.78, 5) is 0. The van der Waals surface area contributed by atoms with Crippen molar-refractivity contribution in [1.29, 1.82) is 0 Å². The summed E-state index contributed by atoms with van der Waals surface area (Å²) in [6.45, 7) is -0.858. The van der Waals surface area contributed by atoms with E-state index in [1.165, 1.54) is 0 Å². The molecule has 0 aromatic heterocycles. The fourth-order valence-corrected chi connectivity index (χ4v) is 0.124. The highest BCUT2D eigenvalue weighted by molar-refractivity contribution is 6.18. The highest BCUT2D eigenvalue weighted by Crippen LogP contribution is 1.86. The zero-order valence-electron chi connectivity index (χ0n) is 3.16. The number of alkyl halides is 2. The van der Waals surface area contributed by atoms with Crippen LogP contribution in [0.3, 0.4) is 0 Å². The fraction of sp³-hybridized carbons (Fsp3) is 1.00. The summed E-state index contributed by atoms with van der Waals surface area (Å²) in [6.07, 6.45) is -1.22. The zero-order valence-corrected chi connectivity index (χ0v) is 3.91. The van der Waals surface area contributed by atoms with E-state index >= 15 is 0 Å². The van der Waals surface area contributed by atoms with Crippen LogP contribution in [0.25, 0.3) is 0 Å². The summed E-state index contributed by atoms with van der Waals surface area (Å²) >= 11 is 4.90. The Bertz CT molecular complexity index is 30.0. The maximum Gasteiger partial charge on any atom is 0.135 e. The Balaban J connectivity index is 2.75. The van der Waals surface area contributed by atoms with Gasteiger partial charge in [0.25, 0.3) is 0 Å². The van der Waals surface area contributed by atoms with Crippen molar-refractivity contribution in [3.8, 4) is 0 Å². The summed E-state index contributed by atoms with van der Waals surface area (Å²) in [5, 5.41) is 9.76. The molecule has 0 amide bonds. The first-order chi connectivity index (χ1) is 2.81. The number of rotatable bonds is 2. The van der Waals surface area contributed by atoms with E-state index in [0.717, 1.165) is 0 Å². The summed E-state index contributed by atoms with van der Waals surface area (Å²) in [5.41, 5.74) is 0. The molecule has 0 spiro atoms. The molecule has 37 valence electrons. The number of hydrogen-bond acceptors (Lipinski definition) is 0. The van der Waals surface area contributed by atoms with Crippen molar-refractivity contribution in [2.75, 3.05) is 12.6 Å². The molecular formula is C3H5ClFO. The molecule has 0 aromatic carbocycles. The van der Waals surface area contributed by atoms with Crippen LogP contribution in [0.4, 0.5) is 4.39 Å². The Labute approximate surface area is 40.7 Å². The molecule has 0 aliphatic rings. The molecule has 0 aliphatic carbocycles. The Morgan fingerprint density at radius 3 is 2.33 bits per heavy atom. The van der Waals surface area contributed by atoms with Crippen molar-refractivity contribution in [3.05, 3.63) is 0 Å². The smallest absolute Gasteiger partial charge is 0.135 e. The third kappa shape index (κ3) is 2.42. The van der Waals surface area contributed by atoms with Gasteiger partial charge in [0.15, 0.2) is 0 Å². The second-order valence-corrected chi connectivity index (χ2v) is 1.24. The van der Waals surface area contributed by atoms with Gasteiger partial charge in [-0.15, -0.1) is 11.6 Å². The molecule has 1 radical (unpaired) electrons. The molecule has 0 rings (SSSR count). The quantitative estimate of drug-likeness (QED) is 0.474. The minimum Gasteiger partial charge on any atom is -0.248 e. The zero-order chi connectivity index (χ0) is 4.99. The molecule has 0 bridgehead atoms. The van der Waals surface area contributed by atoms with Gasteiger partial charge in [0.1, 0.15) is 12.8 Å². The predicted octanol–water partition coefficient (Wildman–Crippen LogP) is 0.994. The Morgan fingerprint density at radius 2 is 2.33 bits per heavy atom. The van der Waals surface area contributed by atoms with Crippen molar-refractivity contribution >= 4 is 11.6 Å². The Hall–Kier alpha value is 0.180. The van der Waals surface area contributed by atoms with Crippen LogP contribution in [-0.4, -0.2) is 18.7 Å². The van der Waals surface area contributed by atoms with Gasteiger partial charge < -0.3 is 0 Å². The molecule has 1 atom stereocenters. The lowest BCUT2D eigenvalue weighted by atomic mass is 10.5. The molecular weight excluding hydrogens is 106 g/mol. The summed E-state index contributed by atoms with van der Waals surface area (Å²) in [7, 11) is 0. The normalized spacial score (nSPS) is 14.5. The van der Waals surface area contributed by atoms with Crippen LogP contribution in [0.5, 0.6) is 0 Å². The first-order valence-electron chi connectivity index (χ1n) is 1.59. The van der Waals surface area contributed by atoms with E-state index in [4.69, 9.17) is 11.6 Å². The molecule has 0 saturated heterocycles. The van der Waals surface area contributed by atoms with Crippen molar-refractivity contribution in [1.82, 2.24) is 0 Å². The van der Waals surface area contributed by atoms with Gasteiger partial charge in [0.05, 0.1) is 5.88 Å². The van der Waals surface area contributed by atoms with E-state index in [2.05, 4.69) is 0 Å². The van der Waals surface area contributed by atoms with Gasteiger partial charge in [-0.05, 0) is 0 Å². The average molecular weight is 112 g/mol. The van der Waals surface area contributed by atoms with Crippen LogP contribution < -0.4 is 0 Å². The minimum atomic E-state index is -1.22. The maximum atomic E-state index is 11.0. The van der Waals surface area contributed by atoms with E-state index < -0.39 is 12.8 Å². The molecule has 1 unspecified atom stereocenters. The van der Waals surface area contributed by atoms with Crippen molar-refractivity contribution in [2.24, 2.45) is 0 Å². The van der Waals surface area contributed by atoms with Gasteiger partial charge in [-0.2, -0.15) is 0 Å². The van der Waals surface area contributed by atoms with Crippen LogP contribution in [0.1, 0.15) is 0 Å². The van der Waals surface area contributed by atoms with Crippen molar-refractivity contribution in [2.45, 2.75) is 6.10 Å². The second-order valence-electron chi connectivity index (χ2n) is 0.931. The molecule has 0 saturated carbocycles.